The van der Waals surface area contributed by atoms with Gasteiger partial charge in [0.25, 0.3) is 0 Å². The lowest BCUT2D eigenvalue weighted by atomic mass is 10.2. The Morgan fingerprint density at radius 2 is 1.70 bits per heavy atom. The molecule has 0 aliphatic carbocycles. The third kappa shape index (κ3) is 9.23. The van der Waals surface area contributed by atoms with E-state index in [1.165, 1.54) is 6.26 Å². The highest BCUT2D eigenvalue weighted by molar-refractivity contribution is 14.0. The van der Waals surface area contributed by atoms with Crippen molar-refractivity contribution < 1.29 is 17.9 Å². The van der Waals surface area contributed by atoms with Gasteiger partial charge in [0.05, 0.1) is 31.6 Å². The number of nitrogens with one attached hydrogen (secondary N) is 1. The molecule has 0 aromatic carbocycles. The van der Waals surface area contributed by atoms with E-state index in [-0.39, 0.29) is 48.3 Å². The van der Waals surface area contributed by atoms with Gasteiger partial charge in [-0.05, 0) is 26.7 Å². The van der Waals surface area contributed by atoms with Crippen molar-refractivity contribution in [3.05, 3.63) is 0 Å². The minimum Gasteiger partial charge on any atom is -0.378 e. The molecule has 2 fully saturated rings. The lowest BCUT2D eigenvalue weighted by Gasteiger charge is -2.39. The van der Waals surface area contributed by atoms with Crippen LogP contribution in [-0.4, -0.2) is 119 Å². The first-order valence-corrected chi connectivity index (χ1v) is 12.7. The normalized spacial score (nSPS) is 19.5. The molecule has 0 radical (unpaired) electrons. The molecule has 1 amide bonds. The summed E-state index contributed by atoms with van der Waals surface area (Å²) in [5, 5.41) is 3.31. The maximum atomic E-state index is 12.6. The second kappa shape index (κ2) is 13.7. The fourth-order valence-electron chi connectivity index (χ4n) is 3.63. The van der Waals surface area contributed by atoms with Crippen LogP contribution in [0.1, 0.15) is 26.7 Å². The topological polar surface area (TPSA) is 94.5 Å². The Morgan fingerprint density at radius 1 is 1.07 bits per heavy atom. The van der Waals surface area contributed by atoms with Crippen LogP contribution in [0.25, 0.3) is 0 Å². The van der Waals surface area contributed by atoms with E-state index in [2.05, 4.69) is 20.1 Å². The number of rotatable bonds is 9. The molecule has 11 heteroatoms. The number of ether oxygens (including phenoxy) is 1. The number of hydrogen-bond donors (Lipinski definition) is 1. The van der Waals surface area contributed by atoms with Crippen molar-refractivity contribution in [2.45, 2.75) is 32.7 Å². The maximum Gasteiger partial charge on any atom is 0.239 e. The van der Waals surface area contributed by atoms with E-state index in [4.69, 9.17) is 4.74 Å². The number of hydrogen-bond acceptors (Lipinski definition) is 6. The Morgan fingerprint density at radius 3 is 2.27 bits per heavy atom. The smallest absolute Gasteiger partial charge is 0.239 e. The molecule has 2 aliphatic heterocycles. The van der Waals surface area contributed by atoms with Gasteiger partial charge >= 0.3 is 0 Å². The number of halogens is 1. The van der Waals surface area contributed by atoms with Crippen molar-refractivity contribution >= 4 is 45.7 Å². The highest BCUT2D eigenvalue weighted by Gasteiger charge is 2.30. The van der Waals surface area contributed by atoms with Crippen LogP contribution in [0.2, 0.25) is 0 Å². The molecular formula is C19H38IN5O4S. The predicted octanol–water partition coefficient (Wildman–Crippen LogP) is 0.260. The number of carbonyl (C=O) groups excluding carboxylic acids is 1. The van der Waals surface area contributed by atoms with Crippen molar-refractivity contribution in [3.63, 3.8) is 0 Å². The van der Waals surface area contributed by atoms with Gasteiger partial charge in [-0.3, -0.25) is 14.7 Å². The molecule has 2 aliphatic rings. The van der Waals surface area contributed by atoms with Gasteiger partial charge in [0.1, 0.15) is 9.84 Å². The first kappa shape index (κ1) is 27.4. The van der Waals surface area contributed by atoms with Crippen molar-refractivity contribution in [3.8, 4) is 0 Å². The summed E-state index contributed by atoms with van der Waals surface area (Å²) in [5.74, 6) is 1.13. The number of guanidine groups is 1. The molecule has 0 spiro atoms. The van der Waals surface area contributed by atoms with Gasteiger partial charge in [0.15, 0.2) is 5.96 Å². The van der Waals surface area contributed by atoms with Crippen LogP contribution in [0.4, 0.5) is 0 Å². The van der Waals surface area contributed by atoms with Gasteiger partial charge in [-0.15, -0.1) is 24.0 Å². The van der Waals surface area contributed by atoms with Crippen molar-refractivity contribution in [2.75, 3.05) is 77.6 Å². The van der Waals surface area contributed by atoms with E-state index >= 15 is 0 Å². The fourth-order valence-corrected chi connectivity index (χ4v) is 4.05. The number of aliphatic imine (C=N–C) groups is 1. The summed E-state index contributed by atoms with van der Waals surface area (Å²) < 4.78 is 27.6. The summed E-state index contributed by atoms with van der Waals surface area (Å²) in [6.07, 6.45) is 3.44. The lowest BCUT2D eigenvalue weighted by molar-refractivity contribution is -0.135. The summed E-state index contributed by atoms with van der Waals surface area (Å²) in [7, 11) is -2.99. The van der Waals surface area contributed by atoms with Gasteiger partial charge in [0, 0.05) is 52.1 Å². The molecule has 0 bridgehead atoms. The molecule has 0 saturated carbocycles. The molecule has 2 saturated heterocycles. The van der Waals surface area contributed by atoms with E-state index in [0.717, 1.165) is 64.6 Å². The minimum absolute atomic E-state index is 0. The number of sulfone groups is 1. The van der Waals surface area contributed by atoms with Crippen LogP contribution in [0, 0.1) is 0 Å². The zero-order chi connectivity index (χ0) is 21.3. The predicted molar refractivity (Wildman–Crippen MR) is 130 cm³/mol. The second-order valence-corrected chi connectivity index (χ2v) is 9.97. The van der Waals surface area contributed by atoms with E-state index in [1.807, 2.05) is 18.7 Å². The van der Waals surface area contributed by atoms with Crippen LogP contribution >= 0.6 is 24.0 Å². The molecular weight excluding hydrogens is 521 g/mol. The zero-order valence-corrected chi connectivity index (χ0v) is 21.7. The molecule has 1 N–H and O–H groups in total. The monoisotopic (exact) mass is 559 g/mol. The van der Waals surface area contributed by atoms with Crippen molar-refractivity contribution in [1.82, 2.24) is 20.0 Å². The molecule has 0 aromatic rings. The van der Waals surface area contributed by atoms with Gasteiger partial charge in [-0.2, -0.15) is 0 Å². The molecule has 1 unspecified atom stereocenters. The van der Waals surface area contributed by atoms with Gasteiger partial charge in [0.2, 0.25) is 5.91 Å². The third-order valence-electron chi connectivity index (χ3n) is 5.37. The Labute approximate surface area is 198 Å². The zero-order valence-electron chi connectivity index (χ0n) is 18.5. The Kier molecular flexibility index (Phi) is 12.5. The lowest BCUT2D eigenvalue weighted by Crippen LogP contribution is -2.57. The number of piperazine rings is 1. The Balaban J connectivity index is 0.00000450. The van der Waals surface area contributed by atoms with Crippen LogP contribution in [0.3, 0.4) is 0 Å². The van der Waals surface area contributed by atoms with Crippen molar-refractivity contribution in [1.29, 1.82) is 0 Å². The standard InChI is InChI=1S/C19H37N5O4S.HI/c1-4-20-19(21-7-14-28-15-16-29(3,26)27)24-12-10-22(11-13-24)17(2)18(25)23-8-5-6-9-23;/h17H,4-16H2,1-3H3,(H,20,21);1H. The highest BCUT2D eigenvalue weighted by atomic mass is 127. The summed E-state index contributed by atoms with van der Waals surface area (Å²) in [4.78, 5) is 23.7. The first-order valence-electron chi connectivity index (χ1n) is 10.6. The molecule has 1 atom stereocenters. The van der Waals surface area contributed by atoms with Crippen molar-refractivity contribution in [2.24, 2.45) is 4.99 Å². The summed E-state index contributed by atoms with van der Waals surface area (Å²) in [6, 6.07) is -0.0713. The van der Waals surface area contributed by atoms with Gasteiger partial charge in [-0.1, -0.05) is 0 Å². The average Bonchev–Trinajstić information content (AvgIpc) is 3.23. The van der Waals surface area contributed by atoms with Gasteiger partial charge in [-0.25, -0.2) is 8.42 Å². The van der Waals surface area contributed by atoms with E-state index in [1.54, 1.807) is 0 Å². The second-order valence-electron chi connectivity index (χ2n) is 7.71. The van der Waals surface area contributed by atoms with Crippen LogP contribution in [0.15, 0.2) is 4.99 Å². The summed E-state index contributed by atoms with van der Waals surface area (Å²) in [6.45, 7) is 11.0. The molecule has 176 valence electrons. The highest BCUT2D eigenvalue weighted by Crippen LogP contribution is 2.14. The maximum absolute atomic E-state index is 12.6. The number of amides is 1. The molecule has 2 heterocycles. The molecule has 30 heavy (non-hydrogen) atoms. The largest absolute Gasteiger partial charge is 0.378 e. The molecule has 9 nitrogen and oxygen atoms in total. The first-order chi connectivity index (χ1) is 13.8. The van der Waals surface area contributed by atoms with E-state index < -0.39 is 9.84 Å². The van der Waals surface area contributed by atoms with Crippen LogP contribution in [-0.2, 0) is 19.4 Å². The number of nitrogens with zero attached hydrogens (tertiary/aromatic N) is 4. The van der Waals surface area contributed by atoms with Gasteiger partial charge < -0.3 is 19.9 Å². The van der Waals surface area contributed by atoms with E-state index in [9.17, 15) is 13.2 Å². The Bertz CT molecular complexity index is 647. The molecule has 2 rings (SSSR count). The Hall–Kier alpha value is -0.660. The third-order valence-corrected chi connectivity index (χ3v) is 6.28. The van der Waals surface area contributed by atoms with E-state index in [0.29, 0.717) is 13.2 Å². The average molecular weight is 560 g/mol. The summed E-state index contributed by atoms with van der Waals surface area (Å²) >= 11 is 0. The minimum atomic E-state index is -2.99. The van der Waals surface area contributed by atoms with Crippen LogP contribution in [0.5, 0.6) is 0 Å². The number of likely N-dealkylation sites (tertiary alicyclic amines) is 1. The SMILES string of the molecule is CCNC(=NCCOCCS(C)(=O)=O)N1CCN(C(C)C(=O)N2CCCC2)CC1.I. The quantitative estimate of drug-likeness (QED) is 0.188. The molecule has 0 aromatic heterocycles. The summed E-state index contributed by atoms with van der Waals surface area (Å²) in [5.41, 5.74) is 0. The fraction of sp³-hybridized carbons (Fsp3) is 0.895. The van der Waals surface area contributed by atoms with Crippen LogP contribution < -0.4 is 5.32 Å². The number of carbonyl (C=O) groups is 1.